The number of nitrogens with zero attached hydrogens (tertiary/aromatic N) is 2. The molecule has 4 rings (SSSR count). The van der Waals surface area contributed by atoms with Crippen molar-refractivity contribution in [1.82, 2.24) is 15.2 Å². The largest absolute Gasteiger partial charge is 0.438 e. The number of hydrogen-bond donors (Lipinski definition) is 1. The van der Waals surface area contributed by atoms with Gasteiger partial charge in [-0.1, -0.05) is 11.6 Å². The van der Waals surface area contributed by atoms with Crippen molar-refractivity contribution >= 4 is 29.3 Å². The summed E-state index contributed by atoms with van der Waals surface area (Å²) >= 11 is 6.00. The van der Waals surface area contributed by atoms with Gasteiger partial charge in [0.05, 0.1) is 6.54 Å². The molecule has 1 aliphatic carbocycles. The summed E-state index contributed by atoms with van der Waals surface area (Å²) in [7, 11) is 0. The van der Waals surface area contributed by atoms with E-state index in [2.05, 4.69) is 10.3 Å². The lowest BCUT2D eigenvalue weighted by molar-refractivity contribution is -0.135. The van der Waals surface area contributed by atoms with Gasteiger partial charge in [-0.15, -0.1) is 0 Å². The van der Waals surface area contributed by atoms with E-state index in [0.717, 1.165) is 4.90 Å². The summed E-state index contributed by atoms with van der Waals surface area (Å²) in [5.74, 6) is -3.33. The first-order valence-electron chi connectivity index (χ1n) is 9.63. The lowest BCUT2D eigenvalue weighted by Gasteiger charge is -2.34. The number of aromatic nitrogens is 1. The number of carbonyl (C=O) groups excluding carboxylic acids is 3. The van der Waals surface area contributed by atoms with Gasteiger partial charge < -0.3 is 10.1 Å². The van der Waals surface area contributed by atoms with Crippen LogP contribution in [0.25, 0.3) is 0 Å². The molecule has 2 fully saturated rings. The SMILES string of the molecule is O=C(CN1C(=O)NC2(CCC(F)(F)CC2)C1=O)c1ccc(Oc2ncccc2Cl)cc1. The Labute approximate surface area is 181 Å². The van der Waals surface area contributed by atoms with Crippen molar-refractivity contribution < 1.29 is 27.9 Å². The molecule has 1 N–H and O–H groups in total. The van der Waals surface area contributed by atoms with E-state index in [1.165, 1.54) is 30.5 Å². The molecular weight excluding hydrogens is 432 g/mol. The van der Waals surface area contributed by atoms with Crippen molar-refractivity contribution in [1.29, 1.82) is 0 Å². The molecular formula is C21H18ClF2N3O4. The van der Waals surface area contributed by atoms with E-state index in [-0.39, 0.29) is 24.3 Å². The summed E-state index contributed by atoms with van der Waals surface area (Å²) in [6, 6.07) is 8.60. The van der Waals surface area contributed by atoms with Gasteiger partial charge in [-0.25, -0.2) is 18.6 Å². The van der Waals surface area contributed by atoms with Crippen LogP contribution in [0.5, 0.6) is 11.6 Å². The van der Waals surface area contributed by atoms with Crippen LogP contribution >= 0.6 is 11.6 Å². The van der Waals surface area contributed by atoms with Gasteiger partial charge in [0.15, 0.2) is 5.78 Å². The third kappa shape index (κ3) is 4.23. The fourth-order valence-electron chi connectivity index (χ4n) is 3.70. The second kappa shape index (κ2) is 7.88. The molecule has 0 bridgehead atoms. The zero-order chi connectivity index (χ0) is 22.2. The number of hydrogen-bond acceptors (Lipinski definition) is 5. The van der Waals surface area contributed by atoms with Gasteiger partial charge in [-0.2, -0.15) is 0 Å². The van der Waals surface area contributed by atoms with E-state index in [9.17, 15) is 23.2 Å². The molecule has 1 aromatic carbocycles. The number of halogens is 3. The third-order valence-electron chi connectivity index (χ3n) is 5.50. The second-order valence-corrected chi connectivity index (χ2v) is 8.01. The Morgan fingerprint density at radius 1 is 1.13 bits per heavy atom. The Bertz CT molecular complexity index is 1040. The highest BCUT2D eigenvalue weighted by molar-refractivity contribution is 6.31. The first kappa shape index (κ1) is 21.2. The monoisotopic (exact) mass is 449 g/mol. The zero-order valence-corrected chi connectivity index (χ0v) is 17.0. The van der Waals surface area contributed by atoms with E-state index in [1.54, 1.807) is 12.1 Å². The molecule has 7 nitrogen and oxygen atoms in total. The average Bonchev–Trinajstić information content (AvgIpc) is 2.97. The molecule has 0 atom stereocenters. The third-order valence-corrected chi connectivity index (χ3v) is 5.79. The maximum Gasteiger partial charge on any atom is 0.325 e. The summed E-state index contributed by atoms with van der Waals surface area (Å²) in [6.07, 6.45) is 0.247. The zero-order valence-electron chi connectivity index (χ0n) is 16.2. The Hall–Kier alpha value is -3.07. The molecule has 1 saturated heterocycles. The molecule has 10 heteroatoms. The maximum atomic E-state index is 13.5. The topological polar surface area (TPSA) is 88.6 Å². The number of benzene rings is 1. The Morgan fingerprint density at radius 2 is 1.81 bits per heavy atom. The highest BCUT2D eigenvalue weighted by Gasteiger charge is 2.55. The van der Waals surface area contributed by atoms with Crippen LogP contribution in [0.1, 0.15) is 36.0 Å². The van der Waals surface area contributed by atoms with Gasteiger partial charge in [0, 0.05) is 24.6 Å². The van der Waals surface area contributed by atoms with Gasteiger partial charge in [0.25, 0.3) is 5.91 Å². The molecule has 1 saturated carbocycles. The van der Waals surface area contributed by atoms with Crippen LogP contribution in [0.2, 0.25) is 5.02 Å². The molecule has 162 valence electrons. The molecule has 1 aliphatic heterocycles. The number of nitrogens with one attached hydrogen (secondary N) is 1. The van der Waals surface area contributed by atoms with Crippen LogP contribution < -0.4 is 10.1 Å². The standard InChI is InChI=1S/C21H18ClF2N3O4/c22-15-2-1-11-25-17(15)31-14-5-3-13(4-6-14)16(28)12-27-18(29)20(26-19(27)30)7-9-21(23,24)10-8-20/h1-6,11H,7-10,12H2,(H,26,30). The molecule has 2 aromatic rings. The lowest BCUT2D eigenvalue weighted by atomic mass is 9.80. The fraction of sp³-hybridized carbons (Fsp3) is 0.333. The molecule has 31 heavy (non-hydrogen) atoms. The predicted molar refractivity (Wildman–Crippen MR) is 106 cm³/mol. The molecule has 1 spiro atoms. The Kier molecular flexibility index (Phi) is 5.38. The quantitative estimate of drug-likeness (QED) is 0.545. The van der Waals surface area contributed by atoms with Crippen molar-refractivity contribution in [3.8, 4) is 11.6 Å². The van der Waals surface area contributed by atoms with Crippen LogP contribution in [-0.2, 0) is 4.79 Å². The summed E-state index contributed by atoms with van der Waals surface area (Å²) in [6.45, 7) is -0.477. The first-order chi connectivity index (χ1) is 14.7. The number of urea groups is 1. The maximum absolute atomic E-state index is 13.5. The Morgan fingerprint density at radius 3 is 2.45 bits per heavy atom. The molecule has 0 unspecified atom stereocenters. The minimum Gasteiger partial charge on any atom is -0.438 e. The van der Waals surface area contributed by atoms with Crippen molar-refractivity contribution in [2.45, 2.75) is 37.1 Å². The number of rotatable bonds is 5. The van der Waals surface area contributed by atoms with Crippen LogP contribution in [0.4, 0.5) is 13.6 Å². The van der Waals surface area contributed by atoms with E-state index >= 15 is 0 Å². The van der Waals surface area contributed by atoms with E-state index < -0.39 is 48.6 Å². The number of Topliss-reactive ketones (excluding diaryl/α,β-unsaturated/α-hetero) is 1. The number of pyridine rings is 1. The molecule has 2 aliphatic rings. The number of alkyl halides is 2. The van der Waals surface area contributed by atoms with Gasteiger partial charge >= 0.3 is 6.03 Å². The van der Waals surface area contributed by atoms with Crippen LogP contribution in [0.3, 0.4) is 0 Å². The van der Waals surface area contributed by atoms with Crippen molar-refractivity contribution in [2.24, 2.45) is 0 Å². The predicted octanol–water partition coefficient (Wildman–Crippen LogP) is 4.21. The molecule has 3 amide bonds. The highest BCUT2D eigenvalue weighted by atomic mass is 35.5. The lowest BCUT2D eigenvalue weighted by Crippen LogP contribution is -2.51. The number of amides is 3. The number of ketones is 1. The molecule has 1 aromatic heterocycles. The van der Waals surface area contributed by atoms with Gasteiger partial charge in [0.2, 0.25) is 11.8 Å². The first-order valence-corrected chi connectivity index (χ1v) is 10.0. The number of ether oxygens (including phenoxy) is 1. The van der Waals surface area contributed by atoms with Crippen molar-refractivity contribution in [2.75, 3.05) is 6.54 Å². The molecule has 0 radical (unpaired) electrons. The average molecular weight is 450 g/mol. The number of imide groups is 1. The summed E-state index contributed by atoms with van der Waals surface area (Å²) in [4.78, 5) is 42.5. The minimum atomic E-state index is -2.84. The normalized spacial score (nSPS) is 19.4. The van der Waals surface area contributed by atoms with E-state index in [0.29, 0.717) is 10.8 Å². The van der Waals surface area contributed by atoms with Gasteiger partial charge in [0.1, 0.15) is 16.3 Å². The van der Waals surface area contributed by atoms with Crippen LogP contribution in [0, 0.1) is 0 Å². The highest BCUT2D eigenvalue weighted by Crippen LogP contribution is 2.41. The Balaban J connectivity index is 1.42. The fourth-order valence-corrected chi connectivity index (χ4v) is 3.86. The van der Waals surface area contributed by atoms with Gasteiger partial charge in [-0.05, 0) is 49.2 Å². The minimum absolute atomic E-state index is 0.155. The second-order valence-electron chi connectivity index (χ2n) is 7.60. The molecule has 2 heterocycles. The number of carbonyl (C=O) groups is 3. The summed E-state index contributed by atoms with van der Waals surface area (Å²) in [5.41, 5.74) is -1.09. The smallest absolute Gasteiger partial charge is 0.325 e. The van der Waals surface area contributed by atoms with Crippen molar-refractivity contribution in [3.63, 3.8) is 0 Å². The van der Waals surface area contributed by atoms with Crippen LogP contribution in [-0.4, -0.2) is 45.6 Å². The van der Waals surface area contributed by atoms with E-state index in [4.69, 9.17) is 16.3 Å². The van der Waals surface area contributed by atoms with Crippen LogP contribution in [0.15, 0.2) is 42.6 Å². The summed E-state index contributed by atoms with van der Waals surface area (Å²) in [5, 5.41) is 2.85. The van der Waals surface area contributed by atoms with Gasteiger partial charge in [-0.3, -0.25) is 14.5 Å². The van der Waals surface area contributed by atoms with Crippen molar-refractivity contribution in [3.05, 3.63) is 53.2 Å². The summed E-state index contributed by atoms with van der Waals surface area (Å²) < 4.78 is 32.5. The van der Waals surface area contributed by atoms with E-state index in [1.807, 2.05) is 0 Å².